The summed E-state index contributed by atoms with van der Waals surface area (Å²) in [5, 5.41) is 11.9. The molecule has 1 N–H and O–H groups in total. The predicted molar refractivity (Wildman–Crippen MR) is 72.3 cm³/mol. The number of nitriles is 1. The number of anilines is 1. The molecule has 0 bridgehead atoms. The van der Waals surface area contributed by atoms with Crippen molar-refractivity contribution in [2.24, 2.45) is 0 Å². The minimum absolute atomic E-state index is 0.0414. The van der Waals surface area contributed by atoms with Crippen LogP contribution in [0.25, 0.3) is 0 Å². The minimum atomic E-state index is -0.318. The Morgan fingerprint density at radius 3 is 2.50 bits per heavy atom. The van der Waals surface area contributed by atoms with E-state index in [2.05, 4.69) is 11.4 Å². The topological polar surface area (TPSA) is 56.1 Å². The van der Waals surface area contributed by atoms with Crippen LogP contribution in [0, 0.1) is 11.3 Å². The first kappa shape index (κ1) is 14.0. The number of amides is 1. The fraction of sp³-hybridized carbons (Fsp3) is 0.429. The Hall–Kier alpha value is -2.02. The number of hydrogen-bond acceptors (Lipinski definition) is 3. The maximum Gasteiger partial charge on any atom is 0.242 e. The summed E-state index contributed by atoms with van der Waals surface area (Å²) in [6.45, 7) is 5.67. The molecule has 0 aliphatic heterocycles. The number of carbonyl (C=O) groups excluding carboxylic acids is 1. The first-order chi connectivity index (χ1) is 8.47. The van der Waals surface area contributed by atoms with Gasteiger partial charge in [-0.15, -0.1) is 0 Å². The molecular weight excluding hydrogens is 226 g/mol. The molecule has 96 valence electrons. The third-order valence-electron chi connectivity index (χ3n) is 2.80. The van der Waals surface area contributed by atoms with Gasteiger partial charge in [-0.25, -0.2) is 0 Å². The summed E-state index contributed by atoms with van der Waals surface area (Å²) in [7, 11) is 1.82. The average molecular weight is 245 g/mol. The van der Waals surface area contributed by atoms with Gasteiger partial charge >= 0.3 is 0 Å². The third kappa shape index (κ3) is 3.24. The Labute approximate surface area is 108 Å². The second-order valence-electron chi connectivity index (χ2n) is 4.58. The highest BCUT2D eigenvalue weighted by atomic mass is 16.2. The highest BCUT2D eigenvalue weighted by Gasteiger charge is 2.20. The number of hydrogen-bond donors (Lipinski definition) is 1. The second kappa shape index (κ2) is 6.06. The van der Waals surface area contributed by atoms with Crippen LogP contribution in [-0.2, 0) is 4.79 Å². The molecule has 1 atom stereocenters. The van der Waals surface area contributed by atoms with E-state index in [4.69, 9.17) is 5.26 Å². The molecule has 1 aromatic carbocycles. The molecule has 0 aliphatic carbocycles. The van der Waals surface area contributed by atoms with Gasteiger partial charge in [-0.2, -0.15) is 5.26 Å². The average Bonchev–Trinajstić information content (AvgIpc) is 2.36. The lowest BCUT2D eigenvalue weighted by atomic mass is 10.1. The van der Waals surface area contributed by atoms with Crippen LogP contribution in [-0.4, -0.2) is 25.0 Å². The molecular formula is C14H19N3O. The van der Waals surface area contributed by atoms with Crippen LogP contribution >= 0.6 is 0 Å². The summed E-state index contributed by atoms with van der Waals surface area (Å²) in [6.07, 6.45) is 0. The molecule has 1 amide bonds. The zero-order valence-corrected chi connectivity index (χ0v) is 11.3. The van der Waals surface area contributed by atoms with Crippen LogP contribution in [0.15, 0.2) is 24.3 Å². The molecule has 0 fully saturated rings. The molecule has 4 nitrogen and oxygen atoms in total. The Bertz CT molecular complexity index is 462. The minimum Gasteiger partial charge on any atom is -0.362 e. The van der Waals surface area contributed by atoms with Crippen LogP contribution in [0.3, 0.4) is 0 Å². The van der Waals surface area contributed by atoms with Gasteiger partial charge in [0.25, 0.3) is 0 Å². The van der Waals surface area contributed by atoms with Gasteiger partial charge in [0.05, 0.1) is 11.3 Å². The SMILES string of the molecule is CC(C)NC(=O)C(C)N(C)c1ccccc1C#N. The van der Waals surface area contributed by atoms with Crippen molar-refractivity contribution >= 4 is 11.6 Å². The lowest BCUT2D eigenvalue weighted by Gasteiger charge is -2.27. The van der Waals surface area contributed by atoms with Gasteiger partial charge in [0, 0.05) is 13.1 Å². The van der Waals surface area contributed by atoms with E-state index in [-0.39, 0.29) is 18.0 Å². The standard InChI is InChI=1S/C14H19N3O/c1-10(2)16-14(18)11(3)17(4)13-8-6-5-7-12(13)9-15/h5-8,10-11H,1-4H3,(H,16,18). The molecule has 4 heteroatoms. The Balaban J connectivity index is 2.90. The Morgan fingerprint density at radius 2 is 1.94 bits per heavy atom. The third-order valence-corrected chi connectivity index (χ3v) is 2.80. The molecule has 1 unspecified atom stereocenters. The second-order valence-corrected chi connectivity index (χ2v) is 4.58. The largest absolute Gasteiger partial charge is 0.362 e. The van der Waals surface area contributed by atoms with E-state index in [1.807, 2.05) is 50.9 Å². The lowest BCUT2D eigenvalue weighted by molar-refractivity contribution is -0.122. The van der Waals surface area contributed by atoms with E-state index in [9.17, 15) is 4.79 Å². The highest BCUT2D eigenvalue weighted by Crippen LogP contribution is 2.20. The van der Waals surface area contributed by atoms with Crippen molar-refractivity contribution in [3.05, 3.63) is 29.8 Å². The van der Waals surface area contributed by atoms with Gasteiger partial charge in [0.1, 0.15) is 12.1 Å². The number of likely N-dealkylation sites (N-methyl/N-ethyl adjacent to an activating group) is 1. The van der Waals surface area contributed by atoms with E-state index in [1.54, 1.807) is 6.07 Å². The van der Waals surface area contributed by atoms with E-state index in [0.29, 0.717) is 5.56 Å². The summed E-state index contributed by atoms with van der Waals surface area (Å²) >= 11 is 0. The smallest absolute Gasteiger partial charge is 0.242 e. The molecule has 0 spiro atoms. The number of nitrogens with one attached hydrogen (secondary N) is 1. The first-order valence-corrected chi connectivity index (χ1v) is 5.99. The summed E-state index contributed by atoms with van der Waals surface area (Å²) < 4.78 is 0. The summed E-state index contributed by atoms with van der Waals surface area (Å²) in [5.74, 6) is -0.0414. The van der Waals surface area contributed by atoms with Crippen molar-refractivity contribution in [3.63, 3.8) is 0 Å². The molecule has 0 aliphatic rings. The fourth-order valence-electron chi connectivity index (χ4n) is 1.67. The summed E-state index contributed by atoms with van der Waals surface area (Å²) in [5.41, 5.74) is 1.34. The number of benzene rings is 1. The Kier molecular flexibility index (Phi) is 4.73. The highest BCUT2D eigenvalue weighted by molar-refractivity contribution is 5.85. The molecule has 0 radical (unpaired) electrons. The zero-order chi connectivity index (χ0) is 13.7. The van der Waals surface area contributed by atoms with Gasteiger partial charge in [-0.3, -0.25) is 4.79 Å². The number of nitrogens with zero attached hydrogens (tertiary/aromatic N) is 2. The van der Waals surface area contributed by atoms with Gasteiger partial charge < -0.3 is 10.2 Å². The van der Waals surface area contributed by atoms with Crippen molar-refractivity contribution < 1.29 is 4.79 Å². The van der Waals surface area contributed by atoms with Crippen molar-refractivity contribution in [2.45, 2.75) is 32.9 Å². The summed E-state index contributed by atoms with van der Waals surface area (Å²) in [6, 6.07) is 9.20. The Morgan fingerprint density at radius 1 is 1.33 bits per heavy atom. The molecule has 0 saturated heterocycles. The van der Waals surface area contributed by atoms with Gasteiger partial charge in [-0.1, -0.05) is 12.1 Å². The molecule has 1 aromatic rings. The van der Waals surface area contributed by atoms with Crippen molar-refractivity contribution in [3.8, 4) is 6.07 Å². The first-order valence-electron chi connectivity index (χ1n) is 5.99. The number of para-hydroxylation sites is 1. The molecule has 1 rings (SSSR count). The molecule has 0 aromatic heterocycles. The monoisotopic (exact) mass is 245 g/mol. The van der Waals surface area contributed by atoms with Crippen LogP contribution < -0.4 is 10.2 Å². The number of rotatable bonds is 4. The van der Waals surface area contributed by atoms with Crippen LogP contribution in [0.4, 0.5) is 5.69 Å². The fourth-order valence-corrected chi connectivity index (χ4v) is 1.67. The van der Waals surface area contributed by atoms with Crippen molar-refractivity contribution in [2.75, 3.05) is 11.9 Å². The van der Waals surface area contributed by atoms with Crippen LogP contribution in [0.1, 0.15) is 26.3 Å². The maximum absolute atomic E-state index is 11.9. The summed E-state index contributed by atoms with van der Waals surface area (Å²) in [4.78, 5) is 13.7. The van der Waals surface area contributed by atoms with E-state index >= 15 is 0 Å². The lowest BCUT2D eigenvalue weighted by Crippen LogP contribution is -2.45. The van der Waals surface area contributed by atoms with E-state index in [0.717, 1.165) is 5.69 Å². The van der Waals surface area contributed by atoms with Gasteiger partial charge in [0.2, 0.25) is 5.91 Å². The quantitative estimate of drug-likeness (QED) is 0.881. The number of carbonyl (C=O) groups is 1. The molecule has 0 saturated carbocycles. The van der Waals surface area contributed by atoms with Crippen molar-refractivity contribution in [1.29, 1.82) is 5.26 Å². The van der Waals surface area contributed by atoms with E-state index < -0.39 is 0 Å². The van der Waals surface area contributed by atoms with Crippen LogP contribution in [0.2, 0.25) is 0 Å². The van der Waals surface area contributed by atoms with Crippen LogP contribution in [0.5, 0.6) is 0 Å². The molecule has 18 heavy (non-hydrogen) atoms. The predicted octanol–water partition coefficient (Wildman–Crippen LogP) is 1.91. The van der Waals surface area contributed by atoms with Gasteiger partial charge in [0.15, 0.2) is 0 Å². The van der Waals surface area contributed by atoms with Crippen molar-refractivity contribution in [1.82, 2.24) is 5.32 Å². The van der Waals surface area contributed by atoms with Gasteiger partial charge in [-0.05, 0) is 32.9 Å². The molecule has 0 heterocycles. The van der Waals surface area contributed by atoms with E-state index in [1.165, 1.54) is 0 Å². The maximum atomic E-state index is 11.9. The zero-order valence-electron chi connectivity index (χ0n) is 11.3. The normalized spacial score (nSPS) is 11.8.